The second-order valence-corrected chi connectivity index (χ2v) is 4.67. The molecule has 0 aromatic heterocycles. The lowest BCUT2D eigenvalue weighted by Crippen LogP contribution is -2.06. The fraction of sp³-hybridized carbons (Fsp3) is 0.333. The minimum absolute atomic E-state index is 0.271. The summed E-state index contributed by atoms with van der Waals surface area (Å²) in [6, 6.07) is 7.06. The average Bonchev–Trinajstić information content (AvgIpc) is 2.15. The Morgan fingerprint density at radius 2 is 1.86 bits per heavy atom. The molecule has 1 aromatic carbocycles. The second-order valence-electron chi connectivity index (χ2n) is 2.97. The molecule has 0 aliphatic carbocycles. The molecule has 0 saturated heterocycles. The summed E-state index contributed by atoms with van der Waals surface area (Å²) in [7, 11) is -1.98. The normalized spacial score (nSPS) is 13.2. The van der Waals surface area contributed by atoms with E-state index in [0.717, 1.165) is 5.56 Å². The Morgan fingerprint density at radius 3 is 2.29 bits per heavy atom. The quantitative estimate of drug-likeness (QED) is 0.697. The van der Waals surface area contributed by atoms with Gasteiger partial charge >= 0.3 is 0 Å². The van der Waals surface area contributed by atoms with Crippen molar-refractivity contribution in [1.82, 2.24) is 0 Å². The maximum absolute atomic E-state index is 9.20. The van der Waals surface area contributed by atoms with Crippen molar-refractivity contribution in [1.29, 1.82) is 0 Å². The lowest BCUT2D eigenvalue weighted by atomic mass is 10.1. The summed E-state index contributed by atoms with van der Waals surface area (Å²) in [5, 5.41) is 0.639. The predicted molar refractivity (Wildman–Crippen MR) is 59.2 cm³/mol. The Labute approximate surface area is 89.4 Å². The van der Waals surface area contributed by atoms with Gasteiger partial charge in [0.05, 0.1) is 5.66 Å². The average molecular weight is 234 g/mol. The molecule has 3 nitrogen and oxygen atoms in total. The third-order valence-corrected chi connectivity index (χ3v) is 3.34. The highest BCUT2D eigenvalue weighted by Crippen LogP contribution is 2.45. The van der Waals surface area contributed by atoms with Crippen LogP contribution in [0.25, 0.3) is 0 Å². The maximum atomic E-state index is 9.20. The van der Waals surface area contributed by atoms with Gasteiger partial charge in [-0.15, -0.1) is 0 Å². The topological polar surface area (TPSA) is 66.5 Å². The minimum Gasteiger partial charge on any atom is -0.350 e. The van der Waals surface area contributed by atoms with Crippen molar-refractivity contribution in [2.24, 2.45) is 5.73 Å². The number of nitrogens with two attached hydrogens (primary N) is 1. The first-order chi connectivity index (χ1) is 6.65. The van der Waals surface area contributed by atoms with Gasteiger partial charge < -0.3 is 15.5 Å². The van der Waals surface area contributed by atoms with Crippen LogP contribution in [0.5, 0.6) is 0 Å². The number of rotatable bonds is 4. The van der Waals surface area contributed by atoms with E-state index in [1.807, 2.05) is 0 Å². The second kappa shape index (κ2) is 5.64. The van der Waals surface area contributed by atoms with Crippen LogP contribution in [0.2, 0.25) is 5.02 Å². The zero-order valence-electron chi connectivity index (χ0n) is 7.60. The van der Waals surface area contributed by atoms with E-state index in [-0.39, 0.29) is 5.66 Å². The Morgan fingerprint density at radius 1 is 1.29 bits per heavy atom. The molecule has 1 unspecified atom stereocenters. The van der Waals surface area contributed by atoms with E-state index < -0.39 is 8.38 Å². The van der Waals surface area contributed by atoms with Crippen LogP contribution in [0, 0.1) is 0 Å². The first-order valence-electron chi connectivity index (χ1n) is 4.27. The summed E-state index contributed by atoms with van der Waals surface area (Å²) in [5.41, 5.74) is 6.00. The summed E-state index contributed by atoms with van der Waals surface area (Å²) >= 11 is 5.73. The van der Waals surface area contributed by atoms with Crippen LogP contribution in [0.3, 0.4) is 0 Å². The summed E-state index contributed by atoms with van der Waals surface area (Å²) in [6.07, 6.45) is 0.570. The number of hydrogen-bond acceptors (Lipinski definition) is 3. The summed E-state index contributed by atoms with van der Waals surface area (Å²) in [4.78, 5) is 18.4. The van der Waals surface area contributed by atoms with E-state index in [1.165, 1.54) is 0 Å². The van der Waals surface area contributed by atoms with Crippen molar-refractivity contribution >= 4 is 20.0 Å². The molecule has 14 heavy (non-hydrogen) atoms. The molecule has 0 radical (unpaired) electrons. The molecule has 0 amide bonds. The van der Waals surface area contributed by atoms with Crippen LogP contribution in [0.4, 0.5) is 0 Å². The fourth-order valence-electron chi connectivity index (χ4n) is 1.26. The van der Waals surface area contributed by atoms with Crippen LogP contribution in [0.1, 0.15) is 17.6 Å². The van der Waals surface area contributed by atoms with Gasteiger partial charge in [0.1, 0.15) is 0 Å². The highest BCUT2D eigenvalue weighted by molar-refractivity contribution is 7.45. The Hall–Kier alpha value is -0.180. The van der Waals surface area contributed by atoms with E-state index >= 15 is 0 Å². The third-order valence-electron chi connectivity index (χ3n) is 1.97. The molecule has 1 atom stereocenters. The van der Waals surface area contributed by atoms with Gasteiger partial charge in [-0.3, -0.25) is 0 Å². The highest BCUT2D eigenvalue weighted by atomic mass is 35.5. The molecule has 0 bridgehead atoms. The molecule has 0 aliphatic heterocycles. The molecule has 0 fully saturated rings. The first kappa shape index (κ1) is 11.9. The molecule has 5 heteroatoms. The Bertz CT molecular complexity index is 279. The van der Waals surface area contributed by atoms with Crippen LogP contribution < -0.4 is 5.73 Å². The first-order valence-corrected chi connectivity index (χ1v) is 5.97. The molecule has 0 spiro atoms. The van der Waals surface area contributed by atoms with Gasteiger partial charge in [-0.05, 0) is 30.7 Å². The molecule has 0 heterocycles. The van der Waals surface area contributed by atoms with Gasteiger partial charge in [-0.1, -0.05) is 23.7 Å². The maximum Gasteiger partial charge on any atom is 0.173 e. The van der Waals surface area contributed by atoms with E-state index in [9.17, 15) is 9.79 Å². The largest absolute Gasteiger partial charge is 0.350 e. The summed E-state index contributed by atoms with van der Waals surface area (Å²) in [5.74, 6) is 0. The molecule has 1 rings (SSSR count). The van der Waals surface area contributed by atoms with Gasteiger partial charge in [0.2, 0.25) is 0 Å². The van der Waals surface area contributed by atoms with Gasteiger partial charge in [0, 0.05) is 5.02 Å². The smallest absolute Gasteiger partial charge is 0.173 e. The molecular formula is C9H13ClNO2P. The zero-order valence-corrected chi connectivity index (χ0v) is 9.25. The van der Waals surface area contributed by atoms with Crippen molar-refractivity contribution in [2.75, 3.05) is 6.54 Å². The van der Waals surface area contributed by atoms with Gasteiger partial charge in [0.25, 0.3) is 0 Å². The van der Waals surface area contributed by atoms with Crippen molar-refractivity contribution in [3.63, 3.8) is 0 Å². The standard InChI is InChI=1S/C9H13ClNO2P/c10-8-3-1-7(2-4-8)9(5-6-11)14(12)13/h1-4,9,12-13H,5-6,11H2. The van der Waals surface area contributed by atoms with Crippen molar-refractivity contribution < 1.29 is 9.79 Å². The number of halogens is 1. The number of benzene rings is 1. The third kappa shape index (κ3) is 3.19. The Balaban J connectivity index is 2.82. The SMILES string of the molecule is NCCC(c1ccc(Cl)cc1)P(O)O. The van der Waals surface area contributed by atoms with Crippen LogP contribution in [0.15, 0.2) is 24.3 Å². The van der Waals surface area contributed by atoms with Gasteiger partial charge in [-0.2, -0.15) is 0 Å². The molecule has 78 valence electrons. The van der Waals surface area contributed by atoms with Crippen LogP contribution in [-0.4, -0.2) is 16.3 Å². The monoisotopic (exact) mass is 233 g/mol. The molecule has 0 aliphatic rings. The lowest BCUT2D eigenvalue weighted by Gasteiger charge is -2.17. The van der Waals surface area contributed by atoms with Crippen LogP contribution >= 0.6 is 20.0 Å². The van der Waals surface area contributed by atoms with Gasteiger partial charge in [0.15, 0.2) is 8.38 Å². The van der Waals surface area contributed by atoms with E-state index in [4.69, 9.17) is 17.3 Å². The van der Waals surface area contributed by atoms with Crippen molar-refractivity contribution in [3.8, 4) is 0 Å². The Kier molecular flexibility index (Phi) is 4.79. The molecule has 4 N–H and O–H groups in total. The van der Waals surface area contributed by atoms with E-state index in [2.05, 4.69) is 0 Å². The minimum atomic E-state index is -1.98. The number of hydrogen-bond donors (Lipinski definition) is 3. The van der Waals surface area contributed by atoms with Crippen molar-refractivity contribution in [3.05, 3.63) is 34.9 Å². The molecule has 1 aromatic rings. The predicted octanol–water partition coefficient (Wildman–Crippen LogP) is 2.03. The van der Waals surface area contributed by atoms with Gasteiger partial charge in [-0.25, -0.2) is 0 Å². The summed E-state index contributed by atoms with van der Waals surface area (Å²) < 4.78 is 0. The van der Waals surface area contributed by atoms with Crippen LogP contribution in [-0.2, 0) is 0 Å². The van der Waals surface area contributed by atoms with E-state index in [0.29, 0.717) is 18.0 Å². The van der Waals surface area contributed by atoms with Crippen molar-refractivity contribution in [2.45, 2.75) is 12.1 Å². The summed E-state index contributed by atoms with van der Waals surface area (Å²) in [6.45, 7) is 0.438. The molecule has 0 saturated carbocycles. The van der Waals surface area contributed by atoms with E-state index in [1.54, 1.807) is 24.3 Å². The highest BCUT2D eigenvalue weighted by Gasteiger charge is 2.18. The fourth-order valence-corrected chi connectivity index (χ4v) is 2.20. The molecular weight excluding hydrogens is 221 g/mol. The lowest BCUT2D eigenvalue weighted by molar-refractivity contribution is 0.462. The zero-order chi connectivity index (χ0) is 10.6.